The zero-order chi connectivity index (χ0) is 15.7. The van der Waals surface area contributed by atoms with E-state index in [1.165, 1.54) is 0 Å². The van der Waals surface area contributed by atoms with Crippen LogP contribution in [0.5, 0.6) is 0 Å². The third-order valence-corrected chi connectivity index (χ3v) is 4.39. The maximum atomic E-state index is 13.1. The molecule has 0 aromatic heterocycles. The molecule has 1 aromatic rings. The van der Waals surface area contributed by atoms with Gasteiger partial charge in [-0.25, -0.2) is 12.8 Å². The Kier molecular flexibility index (Phi) is 4.81. The molecule has 0 aliphatic carbocycles. The molecule has 20 heavy (non-hydrogen) atoms. The van der Waals surface area contributed by atoms with Gasteiger partial charge in [0.2, 0.25) is 0 Å². The minimum atomic E-state index is -5.65. The molecule has 0 fully saturated rings. The first kappa shape index (κ1) is 16.9. The minimum absolute atomic E-state index is 0.259. The Bertz CT molecular complexity index is 579. The van der Waals surface area contributed by atoms with Crippen LogP contribution in [-0.4, -0.2) is 25.1 Å². The van der Waals surface area contributed by atoms with Crippen LogP contribution in [0.15, 0.2) is 23.1 Å². The van der Waals surface area contributed by atoms with E-state index in [1.807, 2.05) is 0 Å². The van der Waals surface area contributed by atoms with Crippen molar-refractivity contribution in [2.45, 2.75) is 36.8 Å². The Morgan fingerprint density at radius 3 is 2.25 bits per heavy atom. The van der Waals surface area contributed by atoms with Crippen LogP contribution >= 0.6 is 0 Å². The largest absolute Gasteiger partial charge is 0.501 e. The van der Waals surface area contributed by atoms with E-state index in [0.29, 0.717) is 6.07 Å². The molecule has 0 saturated carbocycles. The number of aliphatic hydroxyl groups excluding tert-OH is 1. The van der Waals surface area contributed by atoms with Gasteiger partial charge in [0.25, 0.3) is 9.84 Å². The molecule has 8 heteroatoms. The van der Waals surface area contributed by atoms with Crippen LogP contribution in [0.25, 0.3) is 0 Å². The lowest BCUT2D eigenvalue weighted by Gasteiger charge is -2.17. The molecule has 1 N–H and O–H groups in total. The van der Waals surface area contributed by atoms with Gasteiger partial charge in [-0.3, -0.25) is 0 Å². The summed E-state index contributed by atoms with van der Waals surface area (Å²) < 4.78 is 73.5. The fraction of sp³-hybridized carbons (Fsp3) is 0.500. The van der Waals surface area contributed by atoms with Gasteiger partial charge < -0.3 is 5.11 Å². The maximum absolute atomic E-state index is 13.1. The predicted molar refractivity (Wildman–Crippen MR) is 64.2 cm³/mol. The summed E-state index contributed by atoms with van der Waals surface area (Å²) in [7, 11) is -5.65. The standard InChI is InChI=1S/C12H14F4O3S/c1-7(2)10(17)5-8-3-4-9(13)6-11(8)20(18,19)12(14,15)16/h3-4,6-7,10,17H,5H2,1-2H3. The number of rotatable bonds is 4. The van der Waals surface area contributed by atoms with E-state index in [4.69, 9.17) is 0 Å². The van der Waals surface area contributed by atoms with Crippen LogP contribution < -0.4 is 0 Å². The lowest BCUT2D eigenvalue weighted by molar-refractivity contribution is -0.0436. The number of halogens is 4. The zero-order valence-corrected chi connectivity index (χ0v) is 11.6. The van der Waals surface area contributed by atoms with Gasteiger partial charge in [-0.1, -0.05) is 19.9 Å². The summed E-state index contributed by atoms with van der Waals surface area (Å²) in [5.74, 6) is -1.36. The third kappa shape index (κ3) is 3.49. The van der Waals surface area contributed by atoms with Crippen LogP contribution in [0.2, 0.25) is 0 Å². The van der Waals surface area contributed by atoms with Gasteiger partial charge in [-0.2, -0.15) is 13.2 Å². The Balaban J connectivity index is 3.36. The molecule has 114 valence electrons. The summed E-state index contributed by atoms with van der Waals surface area (Å²) in [4.78, 5) is -1.15. The van der Waals surface area contributed by atoms with E-state index in [-0.39, 0.29) is 17.9 Å². The van der Waals surface area contributed by atoms with E-state index >= 15 is 0 Å². The van der Waals surface area contributed by atoms with Crippen LogP contribution in [0.1, 0.15) is 19.4 Å². The predicted octanol–water partition coefficient (Wildman–Crippen LogP) is 2.68. The summed E-state index contributed by atoms with van der Waals surface area (Å²) in [5.41, 5.74) is -5.77. The number of alkyl halides is 3. The van der Waals surface area contributed by atoms with Crippen molar-refractivity contribution in [3.05, 3.63) is 29.6 Å². The molecule has 1 aromatic carbocycles. The quantitative estimate of drug-likeness (QED) is 0.869. The van der Waals surface area contributed by atoms with E-state index in [0.717, 1.165) is 12.1 Å². The van der Waals surface area contributed by atoms with Gasteiger partial charge in [-0.15, -0.1) is 0 Å². The summed E-state index contributed by atoms with van der Waals surface area (Å²) in [6.45, 7) is 3.26. The lowest BCUT2D eigenvalue weighted by atomic mass is 9.99. The smallest absolute Gasteiger partial charge is 0.393 e. The van der Waals surface area contributed by atoms with E-state index in [2.05, 4.69) is 0 Å². The molecule has 0 aliphatic heterocycles. The average Bonchev–Trinajstić information content (AvgIpc) is 2.29. The maximum Gasteiger partial charge on any atom is 0.501 e. The molecule has 1 atom stereocenters. The third-order valence-electron chi connectivity index (χ3n) is 2.82. The summed E-state index contributed by atoms with van der Waals surface area (Å²) in [5, 5.41) is 9.67. The normalized spacial score (nSPS) is 14.6. The number of benzene rings is 1. The number of hydrogen-bond acceptors (Lipinski definition) is 3. The fourth-order valence-corrected chi connectivity index (χ4v) is 2.55. The first-order chi connectivity index (χ1) is 8.96. The van der Waals surface area contributed by atoms with Gasteiger partial charge in [0, 0.05) is 0 Å². The second-order valence-corrected chi connectivity index (χ2v) is 6.63. The van der Waals surface area contributed by atoms with Crippen molar-refractivity contribution < 1.29 is 31.1 Å². The molecule has 0 heterocycles. The number of hydrogen-bond donors (Lipinski definition) is 1. The molecule has 3 nitrogen and oxygen atoms in total. The summed E-state index contributed by atoms with van der Waals surface area (Å²) in [6.07, 6.45) is -1.33. The Morgan fingerprint density at radius 1 is 1.25 bits per heavy atom. The highest BCUT2D eigenvalue weighted by atomic mass is 32.2. The van der Waals surface area contributed by atoms with Gasteiger partial charge in [0.05, 0.1) is 11.0 Å². The summed E-state index contributed by atoms with van der Waals surface area (Å²) in [6, 6.07) is 2.13. The van der Waals surface area contributed by atoms with Crippen molar-refractivity contribution >= 4 is 9.84 Å². The van der Waals surface area contributed by atoms with Crippen LogP contribution in [0, 0.1) is 11.7 Å². The molecule has 0 spiro atoms. The molecule has 0 saturated heterocycles. The van der Waals surface area contributed by atoms with Gasteiger partial charge in [0.15, 0.2) is 0 Å². The van der Waals surface area contributed by atoms with Gasteiger partial charge >= 0.3 is 5.51 Å². The molecule has 0 bridgehead atoms. The van der Waals surface area contributed by atoms with E-state index < -0.39 is 32.2 Å². The highest BCUT2D eigenvalue weighted by molar-refractivity contribution is 7.92. The second-order valence-electron chi connectivity index (χ2n) is 4.72. The van der Waals surface area contributed by atoms with Gasteiger partial charge in [-0.05, 0) is 30.0 Å². The minimum Gasteiger partial charge on any atom is -0.393 e. The SMILES string of the molecule is CC(C)C(O)Cc1ccc(F)cc1S(=O)(=O)C(F)(F)F. The van der Waals surface area contributed by atoms with Crippen molar-refractivity contribution in [2.75, 3.05) is 0 Å². The Hall–Kier alpha value is -1.15. The van der Waals surface area contributed by atoms with E-state index in [1.54, 1.807) is 13.8 Å². The molecule has 0 amide bonds. The van der Waals surface area contributed by atoms with Crippen LogP contribution in [0.3, 0.4) is 0 Å². The summed E-state index contributed by atoms with van der Waals surface area (Å²) >= 11 is 0. The van der Waals surface area contributed by atoms with Crippen LogP contribution in [0.4, 0.5) is 17.6 Å². The van der Waals surface area contributed by atoms with Crippen molar-refractivity contribution in [3.63, 3.8) is 0 Å². The van der Waals surface area contributed by atoms with Crippen molar-refractivity contribution in [1.82, 2.24) is 0 Å². The van der Waals surface area contributed by atoms with E-state index in [9.17, 15) is 31.1 Å². The molecule has 0 aliphatic rings. The number of sulfone groups is 1. The topological polar surface area (TPSA) is 54.4 Å². The Labute approximate surface area is 114 Å². The van der Waals surface area contributed by atoms with Crippen molar-refractivity contribution in [1.29, 1.82) is 0 Å². The fourth-order valence-electron chi connectivity index (χ4n) is 1.53. The highest BCUT2D eigenvalue weighted by Gasteiger charge is 2.48. The molecular weight excluding hydrogens is 300 g/mol. The first-order valence-electron chi connectivity index (χ1n) is 5.74. The van der Waals surface area contributed by atoms with Crippen molar-refractivity contribution in [2.24, 2.45) is 5.92 Å². The lowest BCUT2D eigenvalue weighted by Crippen LogP contribution is -2.26. The van der Waals surface area contributed by atoms with Crippen LogP contribution in [-0.2, 0) is 16.3 Å². The molecular formula is C12H14F4O3S. The van der Waals surface area contributed by atoms with Crippen molar-refractivity contribution in [3.8, 4) is 0 Å². The van der Waals surface area contributed by atoms with Gasteiger partial charge in [0.1, 0.15) is 5.82 Å². The molecule has 0 radical (unpaired) electrons. The zero-order valence-electron chi connectivity index (χ0n) is 10.8. The molecule has 1 unspecified atom stereocenters. The molecule has 1 rings (SSSR count). The monoisotopic (exact) mass is 314 g/mol. The Morgan fingerprint density at radius 2 is 1.80 bits per heavy atom. The highest BCUT2D eigenvalue weighted by Crippen LogP contribution is 2.33. The number of aliphatic hydroxyl groups is 1. The average molecular weight is 314 g/mol. The first-order valence-corrected chi connectivity index (χ1v) is 7.23. The second kappa shape index (κ2) is 5.69.